The maximum absolute atomic E-state index is 10.8. The molecule has 0 spiro atoms. The Bertz CT molecular complexity index is 757. The average Bonchev–Trinajstić information content (AvgIpc) is 3.04. The number of H-pyrrole nitrogens is 2. The molecular weight excluding hydrogens is 244 g/mol. The van der Waals surface area contributed by atoms with Gasteiger partial charge in [0.25, 0.3) is 0 Å². The first-order valence-corrected chi connectivity index (χ1v) is 5.95. The standard InChI is InChI=1S/C13H12N4O2/c1-2-12-14-8-4-3-7(5-10(8)15-12)9-6-11(13(18)19)17-16-9/h3-6H,2H2,1H3,(H,14,15)(H,16,17)(H,18,19). The van der Waals surface area contributed by atoms with E-state index >= 15 is 0 Å². The normalized spacial score (nSPS) is 11.0. The zero-order valence-electron chi connectivity index (χ0n) is 10.3. The fourth-order valence-corrected chi connectivity index (χ4v) is 1.97. The van der Waals surface area contributed by atoms with Crippen LogP contribution in [0.3, 0.4) is 0 Å². The van der Waals surface area contributed by atoms with E-state index in [4.69, 9.17) is 5.11 Å². The molecule has 0 atom stereocenters. The first-order valence-electron chi connectivity index (χ1n) is 5.95. The van der Waals surface area contributed by atoms with Crippen molar-refractivity contribution < 1.29 is 9.90 Å². The Kier molecular flexibility index (Phi) is 2.56. The predicted octanol–water partition coefficient (Wildman–Crippen LogP) is 2.21. The molecule has 6 nitrogen and oxygen atoms in total. The number of nitrogens with one attached hydrogen (secondary N) is 2. The van der Waals surface area contributed by atoms with E-state index in [9.17, 15) is 4.79 Å². The number of rotatable bonds is 3. The summed E-state index contributed by atoms with van der Waals surface area (Å²) in [6.45, 7) is 2.03. The maximum Gasteiger partial charge on any atom is 0.353 e. The number of carbonyl (C=O) groups is 1. The lowest BCUT2D eigenvalue weighted by Crippen LogP contribution is -1.95. The van der Waals surface area contributed by atoms with E-state index in [-0.39, 0.29) is 5.69 Å². The van der Waals surface area contributed by atoms with Crippen molar-refractivity contribution in [1.82, 2.24) is 20.2 Å². The zero-order valence-corrected chi connectivity index (χ0v) is 10.3. The summed E-state index contributed by atoms with van der Waals surface area (Å²) in [6, 6.07) is 7.21. The first kappa shape index (κ1) is 11.5. The van der Waals surface area contributed by atoms with Crippen LogP contribution in [0.5, 0.6) is 0 Å². The van der Waals surface area contributed by atoms with Crippen molar-refractivity contribution in [2.24, 2.45) is 0 Å². The van der Waals surface area contributed by atoms with E-state index in [0.29, 0.717) is 5.69 Å². The summed E-state index contributed by atoms with van der Waals surface area (Å²) in [5, 5.41) is 15.4. The van der Waals surface area contributed by atoms with Crippen LogP contribution in [0.25, 0.3) is 22.3 Å². The van der Waals surface area contributed by atoms with Crippen molar-refractivity contribution in [3.63, 3.8) is 0 Å². The Balaban J connectivity index is 2.06. The van der Waals surface area contributed by atoms with Crippen LogP contribution in [-0.4, -0.2) is 31.2 Å². The fourth-order valence-electron chi connectivity index (χ4n) is 1.97. The van der Waals surface area contributed by atoms with E-state index in [1.54, 1.807) is 0 Å². The molecule has 0 saturated heterocycles. The Morgan fingerprint density at radius 3 is 2.89 bits per heavy atom. The van der Waals surface area contributed by atoms with Gasteiger partial charge >= 0.3 is 5.97 Å². The third kappa shape index (κ3) is 1.97. The van der Waals surface area contributed by atoms with Crippen molar-refractivity contribution >= 4 is 17.0 Å². The van der Waals surface area contributed by atoms with Crippen molar-refractivity contribution in [1.29, 1.82) is 0 Å². The van der Waals surface area contributed by atoms with Gasteiger partial charge in [-0.3, -0.25) is 5.10 Å². The number of aromatic nitrogens is 4. The smallest absolute Gasteiger partial charge is 0.353 e. The second-order valence-electron chi connectivity index (χ2n) is 4.24. The number of carboxylic acid groups (broad SMARTS) is 1. The second kappa shape index (κ2) is 4.24. The van der Waals surface area contributed by atoms with E-state index in [2.05, 4.69) is 20.2 Å². The van der Waals surface area contributed by atoms with Crippen LogP contribution >= 0.6 is 0 Å². The average molecular weight is 256 g/mol. The van der Waals surface area contributed by atoms with Gasteiger partial charge in [-0.1, -0.05) is 13.0 Å². The minimum absolute atomic E-state index is 0.0777. The van der Waals surface area contributed by atoms with Crippen LogP contribution in [0.15, 0.2) is 24.3 Å². The van der Waals surface area contributed by atoms with Crippen LogP contribution in [0.2, 0.25) is 0 Å². The number of hydrogen-bond donors (Lipinski definition) is 3. The molecule has 0 fully saturated rings. The van der Waals surface area contributed by atoms with Gasteiger partial charge < -0.3 is 10.1 Å². The molecule has 1 aromatic carbocycles. The Morgan fingerprint density at radius 1 is 1.37 bits per heavy atom. The summed E-state index contributed by atoms with van der Waals surface area (Å²) >= 11 is 0. The molecule has 3 N–H and O–H groups in total. The minimum Gasteiger partial charge on any atom is -0.477 e. The van der Waals surface area contributed by atoms with Gasteiger partial charge in [-0.05, 0) is 18.2 Å². The van der Waals surface area contributed by atoms with Crippen LogP contribution in [-0.2, 0) is 6.42 Å². The molecule has 0 radical (unpaired) electrons. The van der Waals surface area contributed by atoms with Crippen molar-refractivity contribution in [2.45, 2.75) is 13.3 Å². The quantitative estimate of drug-likeness (QED) is 0.669. The number of aryl methyl sites for hydroxylation is 1. The van der Waals surface area contributed by atoms with Gasteiger partial charge in [0.05, 0.1) is 16.7 Å². The van der Waals surface area contributed by atoms with Crippen molar-refractivity contribution in [2.75, 3.05) is 0 Å². The molecule has 0 aliphatic heterocycles. The predicted molar refractivity (Wildman–Crippen MR) is 70.0 cm³/mol. The van der Waals surface area contributed by atoms with Crippen LogP contribution in [0.4, 0.5) is 0 Å². The minimum atomic E-state index is -1.02. The monoisotopic (exact) mass is 256 g/mol. The number of benzene rings is 1. The van der Waals surface area contributed by atoms with Gasteiger partial charge in [-0.25, -0.2) is 9.78 Å². The SMILES string of the molecule is CCc1nc2ccc(-c3cc(C(=O)O)[nH]n3)cc2[nH]1. The number of aromatic carboxylic acids is 1. The molecule has 0 saturated carbocycles. The number of fused-ring (bicyclic) bond motifs is 1. The van der Waals surface area contributed by atoms with Crippen molar-refractivity contribution in [3.05, 3.63) is 35.8 Å². The summed E-state index contributed by atoms with van der Waals surface area (Å²) in [4.78, 5) is 18.5. The van der Waals surface area contributed by atoms with Gasteiger partial charge in [0.15, 0.2) is 0 Å². The number of carboxylic acids is 1. The van der Waals surface area contributed by atoms with Crippen LogP contribution < -0.4 is 0 Å². The highest BCUT2D eigenvalue weighted by Gasteiger charge is 2.10. The summed E-state index contributed by atoms with van der Waals surface area (Å²) in [7, 11) is 0. The van der Waals surface area contributed by atoms with Crippen LogP contribution in [0.1, 0.15) is 23.2 Å². The van der Waals surface area contributed by atoms with E-state index in [1.807, 2.05) is 25.1 Å². The Hall–Kier alpha value is -2.63. The van der Waals surface area contributed by atoms with Crippen molar-refractivity contribution in [3.8, 4) is 11.3 Å². The lowest BCUT2D eigenvalue weighted by atomic mass is 10.1. The molecule has 0 bridgehead atoms. The highest BCUT2D eigenvalue weighted by Crippen LogP contribution is 2.22. The molecule has 0 amide bonds. The highest BCUT2D eigenvalue weighted by molar-refractivity contribution is 5.88. The summed E-state index contributed by atoms with van der Waals surface area (Å²) < 4.78 is 0. The summed E-state index contributed by atoms with van der Waals surface area (Å²) in [5.74, 6) is -0.0879. The van der Waals surface area contributed by atoms with E-state index < -0.39 is 5.97 Å². The second-order valence-corrected chi connectivity index (χ2v) is 4.24. The molecule has 2 aromatic heterocycles. The molecule has 2 heterocycles. The van der Waals surface area contributed by atoms with Gasteiger partial charge in [-0.15, -0.1) is 0 Å². The maximum atomic E-state index is 10.8. The molecule has 3 aromatic rings. The lowest BCUT2D eigenvalue weighted by Gasteiger charge is -1.95. The fraction of sp³-hybridized carbons (Fsp3) is 0.154. The topological polar surface area (TPSA) is 94.7 Å². The number of hydrogen-bond acceptors (Lipinski definition) is 3. The molecular formula is C13H12N4O2. The van der Waals surface area contributed by atoms with Gasteiger partial charge in [0.2, 0.25) is 0 Å². The third-order valence-electron chi connectivity index (χ3n) is 2.97. The zero-order chi connectivity index (χ0) is 13.4. The Labute approximate surface area is 108 Å². The molecule has 96 valence electrons. The summed E-state index contributed by atoms with van der Waals surface area (Å²) in [6.07, 6.45) is 0.843. The van der Waals surface area contributed by atoms with E-state index in [1.165, 1.54) is 6.07 Å². The Morgan fingerprint density at radius 2 is 2.21 bits per heavy atom. The molecule has 19 heavy (non-hydrogen) atoms. The van der Waals surface area contributed by atoms with Gasteiger partial charge in [-0.2, -0.15) is 5.10 Å². The molecule has 0 aliphatic carbocycles. The van der Waals surface area contributed by atoms with Gasteiger partial charge in [0.1, 0.15) is 11.5 Å². The molecule has 0 aliphatic rings. The third-order valence-corrected chi connectivity index (χ3v) is 2.97. The van der Waals surface area contributed by atoms with E-state index in [0.717, 1.165) is 28.8 Å². The summed E-state index contributed by atoms with van der Waals surface area (Å²) in [5.41, 5.74) is 3.35. The van der Waals surface area contributed by atoms with Gasteiger partial charge in [0, 0.05) is 12.0 Å². The highest BCUT2D eigenvalue weighted by atomic mass is 16.4. The molecule has 0 unspecified atom stereocenters. The largest absolute Gasteiger partial charge is 0.477 e. The number of aromatic amines is 2. The lowest BCUT2D eigenvalue weighted by molar-refractivity contribution is 0.0690. The van der Waals surface area contributed by atoms with Crippen LogP contribution in [0, 0.1) is 0 Å². The molecule has 6 heteroatoms. The first-order chi connectivity index (χ1) is 9.17. The molecule has 3 rings (SSSR count). The number of nitrogens with zero attached hydrogens (tertiary/aromatic N) is 2. The number of imidazole rings is 1.